The SMILES string of the molecule is CC(C)C(=O)OCC(COc1ccc2cc(-c3cccnc3)sc2c1)C(F)(F)F. The van der Waals surface area contributed by atoms with Crippen molar-refractivity contribution in [1.29, 1.82) is 0 Å². The summed E-state index contributed by atoms with van der Waals surface area (Å²) in [5, 5.41) is 0.972. The number of benzene rings is 1. The number of hydrogen-bond acceptors (Lipinski definition) is 5. The molecular formula is C21H20F3NO3S. The zero-order chi connectivity index (χ0) is 21.0. The van der Waals surface area contributed by atoms with E-state index in [0.717, 1.165) is 20.5 Å². The van der Waals surface area contributed by atoms with Crippen LogP contribution in [-0.4, -0.2) is 30.3 Å². The molecule has 3 aromatic rings. The van der Waals surface area contributed by atoms with Crippen LogP contribution in [0.25, 0.3) is 20.5 Å². The van der Waals surface area contributed by atoms with Crippen molar-refractivity contribution in [2.45, 2.75) is 20.0 Å². The van der Waals surface area contributed by atoms with Crippen LogP contribution < -0.4 is 4.74 Å². The first kappa shape index (κ1) is 21.1. The number of aromatic nitrogens is 1. The average molecular weight is 423 g/mol. The van der Waals surface area contributed by atoms with E-state index >= 15 is 0 Å². The second-order valence-corrected chi connectivity index (χ2v) is 7.97. The number of nitrogens with zero attached hydrogens (tertiary/aromatic N) is 1. The summed E-state index contributed by atoms with van der Waals surface area (Å²) in [4.78, 5) is 16.6. The second-order valence-electron chi connectivity index (χ2n) is 6.89. The molecule has 0 bridgehead atoms. The van der Waals surface area contributed by atoms with E-state index in [-0.39, 0.29) is 0 Å². The van der Waals surface area contributed by atoms with Crippen LogP contribution in [0.1, 0.15) is 13.8 Å². The largest absolute Gasteiger partial charge is 0.493 e. The number of ether oxygens (including phenoxy) is 2. The molecule has 0 fully saturated rings. The highest BCUT2D eigenvalue weighted by atomic mass is 32.1. The fourth-order valence-corrected chi connectivity index (χ4v) is 3.62. The lowest BCUT2D eigenvalue weighted by molar-refractivity contribution is -0.197. The molecule has 0 aliphatic carbocycles. The Kier molecular flexibility index (Phi) is 6.42. The number of halogens is 3. The van der Waals surface area contributed by atoms with Gasteiger partial charge < -0.3 is 9.47 Å². The molecule has 0 spiro atoms. The third kappa shape index (κ3) is 5.47. The van der Waals surface area contributed by atoms with Crippen molar-refractivity contribution in [2.24, 2.45) is 11.8 Å². The van der Waals surface area contributed by atoms with Crippen LogP contribution in [-0.2, 0) is 9.53 Å². The number of rotatable bonds is 7. The molecule has 1 aromatic carbocycles. The Morgan fingerprint density at radius 3 is 2.62 bits per heavy atom. The van der Waals surface area contributed by atoms with Crippen molar-refractivity contribution in [3.63, 3.8) is 0 Å². The monoisotopic (exact) mass is 423 g/mol. The Morgan fingerprint density at radius 1 is 1.17 bits per heavy atom. The molecule has 0 saturated carbocycles. The number of alkyl halides is 3. The summed E-state index contributed by atoms with van der Waals surface area (Å²) in [6.45, 7) is 1.75. The van der Waals surface area contributed by atoms with Gasteiger partial charge in [0.1, 0.15) is 24.9 Å². The molecule has 2 heterocycles. The molecule has 1 atom stereocenters. The van der Waals surface area contributed by atoms with Crippen molar-refractivity contribution in [1.82, 2.24) is 4.98 Å². The quantitative estimate of drug-likeness (QED) is 0.456. The Balaban J connectivity index is 1.70. The maximum atomic E-state index is 13.2. The van der Waals surface area contributed by atoms with Gasteiger partial charge in [0, 0.05) is 27.5 Å². The van der Waals surface area contributed by atoms with E-state index in [0.29, 0.717) is 5.75 Å². The number of fused-ring (bicyclic) bond motifs is 1. The van der Waals surface area contributed by atoms with Crippen molar-refractivity contribution >= 4 is 27.4 Å². The molecule has 4 nitrogen and oxygen atoms in total. The second kappa shape index (κ2) is 8.82. The summed E-state index contributed by atoms with van der Waals surface area (Å²) in [6.07, 6.45) is -1.08. The van der Waals surface area contributed by atoms with Gasteiger partial charge in [-0.1, -0.05) is 19.9 Å². The summed E-state index contributed by atoms with van der Waals surface area (Å²) in [5.74, 6) is -2.71. The molecule has 0 saturated heterocycles. The van der Waals surface area contributed by atoms with Gasteiger partial charge in [-0.3, -0.25) is 9.78 Å². The number of thiophene rings is 1. The summed E-state index contributed by atoms with van der Waals surface area (Å²) in [7, 11) is 0. The van der Waals surface area contributed by atoms with E-state index in [1.54, 1.807) is 38.4 Å². The van der Waals surface area contributed by atoms with Gasteiger partial charge in [-0.25, -0.2) is 0 Å². The highest BCUT2D eigenvalue weighted by Crippen LogP contribution is 2.35. The maximum Gasteiger partial charge on any atom is 0.398 e. The highest BCUT2D eigenvalue weighted by molar-refractivity contribution is 7.22. The Hall–Kier alpha value is -2.61. The Labute approximate surface area is 170 Å². The van der Waals surface area contributed by atoms with E-state index in [1.807, 2.05) is 24.3 Å². The molecule has 0 radical (unpaired) electrons. The summed E-state index contributed by atoms with van der Waals surface area (Å²) >= 11 is 1.51. The first-order valence-electron chi connectivity index (χ1n) is 9.04. The molecule has 2 aromatic heterocycles. The summed E-state index contributed by atoms with van der Waals surface area (Å²) in [6, 6.07) is 11.0. The fraction of sp³-hybridized carbons (Fsp3) is 0.333. The smallest absolute Gasteiger partial charge is 0.398 e. The van der Waals surface area contributed by atoms with Crippen LogP contribution in [0.15, 0.2) is 48.8 Å². The first-order valence-corrected chi connectivity index (χ1v) is 9.86. The topological polar surface area (TPSA) is 48.4 Å². The summed E-state index contributed by atoms with van der Waals surface area (Å²) < 4.78 is 50.8. The van der Waals surface area contributed by atoms with Gasteiger partial charge in [0.25, 0.3) is 0 Å². The minimum atomic E-state index is -4.53. The van der Waals surface area contributed by atoms with E-state index < -0.39 is 37.2 Å². The third-order valence-corrected chi connectivity index (χ3v) is 5.40. The number of carbonyl (C=O) groups is 1. The lowest BCUT2D eigenvalue weighted by Gasteiger charge is -2.21. The van der Waals surface area contributed by atoms with Crippen molar-refractivity contribution in [3.8, 4) is 16.2 Å². The van der Waals surface area contributed by atoms with Crippen LogP contribution in [0.4, 0.5) is 13.2 Å². The van der Waals surface area contributed by atoms with Gasteiger partial charge in [0.05, 0.1) is 5.92 Å². The van der Waals surface area contributed by atoms with Crippen molar-refractivity contribution in [2.75, 3.05) is 13.2 Å². The number of hydrogen-bond donors (Lipinski definition) is 0. The number of carbonyl (C=O) groups excluding carboxylic acids is 1. The van der Waals surface area contributed by atoms with E-state index in [9.17, 15) is 18.0 Å². The molecular weight excluding hydrogens is 403 g/mol. The molecule has 0 aliphatic heterocycles. The van der Waals surface area contributed by atoms with E-state index in [1.165, 1.54) is 11.3 Å². The normalized spacial score (nSPS) is 12.9. The molecule has 1 unspecified atom stereocenters. The predicted octanol–water partition coefficient (Wildman–Crippen LogP) is 5.72. The van der Waals surface area contributed by atoms with Crippen LogP contribution in [0, 0.1) is 11.8 Å². The Bertz CT molecular complexity index is 970. The van der Waals surface area contributed by atoms with Gasteiger partial charge in [-0.2, -0.15) is 13.2 Å². The third-order valence-electron chi connectivity index (χ3n) is 4.25. The van der Waals surface area contributed by atoms with E-state index in [2.05, 4.69) is 4.98 Å². The van der Waals surface area contributed by atoms with Crippen LogP contribution in [0.3, 0.4) is 0 Å². The lowest BCUT2D eigenvalue weighted by Crippen LogP contribution is -2.34. The molecule has 29 heavy (non-hydrogen) atoms. The van der Waals surface area contributed by atoms with Crippen molar-refractivity contribution in [3.05, 3.63) is 48.8 Å². The van der Waals surface area contributed by atoms with Gasteiger partial charge >= 0.3 is 12.1 Å². The molecule has 0 amide bonds. The van der Waals surface area contributed by atoms with Gasteiger partial charge in [-0.15, -0.1) is 11.3 Å². The zero-order valence-corrected chi connectivity index (χ0v) is 16.7. The number of pyridine rings is 1. The van der Waals surface area contributed by atoms with Gasteiger partial charge in [0.2, 0.25) is 0 Å². The maximum absolute atomic E-state index is 13.2. The average Bonchev–Trinajstić information content (AvgIpc) is 3.10. The minimum absolute atomic E-state index is 0.335. The molecule has 8 heteroatoms. The first-order chi connectivity index (χ1) is 13.7. The van der Waals surface area contributed by atoms with Crippen molar-refractivity contribution < 1.29 is 27.4 Å². The van der Waals surface area contributed by atoms with E-state index in [4.69, 9.17) is 9.47 Å². The fourth-order valence-electron chi connectivity index (χ4n) is 2.54. The minimum Gasteiger partial charge on any atom is -0.493 e. The highest BCUT2D eigenvalue weighted by Gasteiger charge is 2.41. The standard InChI is InChI=1S/C21H20F3NO3S/c1-13(2)20(26)28-12-16(21(22,23)24)11-27-17-6-5-14-8-18(29-19(14)9-17)15-4-3-7-25-10-15/h3-10,13,16H,11-12H2,1-2H3. The molecule has 3 rings (SSSR count). The van der Waals surface area contributed by atoms with Gasteiger partial charge in [-0.05, 0) is 35.7 Å². The van der Waals surface area contributed by atoms with Crippen LogP contribution in [0.5, 0.6) is 5.75 Å². The zero-order valence-electron chi connectivity index (χ0n) is 15.9. The molecule has 0 N–H and O–H groups in total. The summed E-state index contributed by atoms with van der Waals surface area (Å²) in [5.41, 5.74) is 0.972. The van der Waals surface area contributed by atoms with Gasteiger partial charge in [0.15, 0.2) is 0 Å². The molecule has 0 aliphatic rings. The van der Waals surface area contributed by atoms with Crippen LogP contribution in [0.2, 0.25) is 0 Å². The number of esters is 1. The van der Waals surface area contributed by atoms with Crippen LogP contribution >= 0.6 is 11.3 Å². The lowest BCUT2D eigenvalue weighted by atomic mass is 10.1. The predicted molar refractivity (Wildman–Crippen MR) is 106 cm³/mol. The molecule has 154 valence electrons. The Morgan fingerprint density at radius 2 is 1.97 bits per heavy atom.